The van der Waals surface area contributed by atoms with Crippen molar-refractivity contribution in [2.24, 2.45) is 7.05 Å². The number of aromatic hydroxyl groups is 1. The fourth-order valence-corrected chi connectivity index (χ4v) is 3.57. The van der Waals surface area contributed by atoms with E-state index in [9.17, 15) is 9.90 Å². The zero-order valence-corrected chi connectivity index (χ0v) is 15.1. The number of amides is 1. The number of hydrogen-bond acceptors (Lipinski definition) is 5. The third-order valence-electron chi connectivity index (χ3n) is 4.97. The lowest BCUT2D eigenvalue weighted by Crippen LogP contribution is -2.31. The first-order chi connectivity index (χ1) is 13.0. The second kappa shape index (κ2) is 6.75. The van der Waals surface area contributed by atoms with Crippen molar-refractivity contribution in [2.75, 3.05) is 12.3 Å². The lowest BCUT2D eigenvalue weighted by atomic mass is 10.0. The molecule has 0 atom stereocenters. The van der Waals surface area contributed by atoms with Crippen LogP contribution >= 0.6 is 0 Å². The molecule has 1 aliphatic heterocycles. The number of nitrogens with zero attached hydrogens (tertiary/aromatic N) is 3. The number of fused-ring (bicyclic) bond motifs is 1. The van der Waals surface area contributed by atoms with Crippen LogP contribution in [0.3, 0.4) is 0 Å². The van der Waals surface area contributed by atoms with Crippen molar-refractivity contribution >= 4 is 11.9 Å². The van der Waals surface area contributed by atoms with Crippen LogP contribution in [0.1, 0.15) is 27.2 Å². The van der Waals surface area contributed by atoms with Crippen LogP contribution in [-0.4, -0.2) is 32.1 Å². The summed E-state index contributed by atoms with van der Waals surface area (Å²) in [4.78, 5) is 20.8. The fourth-order valence-electron chi connectivity index (χ4n) is 3.57. The summed E-state index contributed by atoms with van der Waals surface area (Å²) in [5, 5.41) is 12.5. The van der Waals surface area contributed by atoms with Gasteiger partial charge < -0.3 is 20.7 Å². The SMILES string of the molecule is Cn1c(-c2nc(N)ncc2CCc2cccc(O)c2)cc2c1CCNC2=O. The van der Waals surface area contributed by atoms with E-state index in [0.29, 0.717) is 18.5 Å². The first-order valence-corrected chi connectivity index (χ1v) is 8.89. The molecule has 3 heterocycles. The molecule has 0 saturated carbocycles. The average Bonchev–Trinajstić information content (AvgIpc) is 2.99. The highest BCUT2D eigenvalue weighted by atomic mass is 16.3. The molecule has 27 heavy (non-hydrogen) atoms. The van der Waals surface area contributed by atoms with E-state index in [1.54, 1.807) is 18.3 Å². The van der Waals surface area contributed by atoms with Crippen molar-refractivity contribution in [3.05, 3.63) is 58.9 Å². The van der Waals surface area contributed by atoms with Gasteiger partial charge in [-0.15, -0.1) is 0 Å². The molecule has 1 aromatic carbocycles. The van der Waals surface area contributed by atoms with E-state index >= 15 is 0 Å². The Morgan fingerprint density at radius 3 is 2.93 bits per heavy atom. The van der Waals surface area contributed by atoms with Crippen molar-refractivity contribution in [3.8, 4) is 17.1 Å². The minimum absolute atomic E-state index is 0.0542. The van der Waals surface area contributed by atoms with Crippen LogP contribution in [0.15, 0.2) is 36.5 Å². The van der Waals surface area contributed by atoms with Crippen LogP contribution in [0.2, 0.25) is 0 Å². The molecule has 0 fully saturated rings. The lowest BCUT2D eigenvalue weighted by Gasteiger charge is -2.15. The Balaban J connectivity index is 1.71. The highest BCUT2D eigenvalue weighted by Crippen LogP contribution is 2.29. The van der Waals surface area contributed by atoms with E-state index in [1.807, 2.05) is 29.8 Å². The number of benzene rings is 1. The number of carbonyl (C=O) groups excluding carboxylic acids is 1. The molecule has 7 heteroatoms. The van der Waals surface area contributed by atoms with E-state index in [4.69, 9.17) is 5.73 Å². The van der Waals surface area contributed by atoms with Gasteiger partial charge in [-0.1, -0.05) is 12.1 Å². The number of anilines is 1. The maximum atomic E-state index is 12.2. The molecule has 0 saturated heterocycles. The first-order valence-electron chi connectivity index (χ1n) is 8.89. The van der Waals surface area contributed by atoms with Crippen LogP contribution in [0.4, 0.5) is 5.95 Å². The molecule has 0 radical (unpaired) electrons. The van der Waals surface area contributed by atoms with Crippen LogP contribution in [0, 0.1) is 0 Å². The molecular weight excluding hydrogens is 342 g/mol. The number of hydrogen-bond donors (Lipinski definition) is 3. The summed E-state index contributed by atoms with van der Waals surface area (Å²) in [7, 11) is 1.95. The van der Waals surface area contributed by atoms with Gasteiger partial charge in [-0.05, 0) is 42.2 Å². The molecule has 7 nitrogen and oxygen atoms in total. The summed E-state index contributed by atoms with van der Waals surface area (Å²) < 4.78 is 2.02. The molecule has 0 bridgehead atoms. The second-order valence-electron chi connectivity index (χ2n) is 6.73. The Kier molecular flexibility index (Phi) is 4.27. The number of nitrogens with two attached hydrogens (primary N) is 1. The highest BCUT2D eigenvalue weighted by molar-refractivity contribution is 5.98. The Morgan fingerprint density at radius 2 is 2.15 bits per heavy atom. The van der Waals surface area contributed by atoms with Crippen molar-refractivity contribution in [3.63, 3.8) is 0 Å². The largest absolute Gasteiger partial charge is 0.508 e. The molecule has 1 amide bonds. The topological polar surface area (TPSA) is 106 Å². The molecule has 138 valence electrons. The van der Waals surface area contributed by atoms with Gasteiger partial charge in [0.15, 0.2) is 0 Å². The molecule has 4 rings (SSSR count). The van der Waals surface area contributed by atoms with Crippen LogP contribution in [-0.2, 0) is 26.3 Å². The molecule has 0 aliphatic carbocycles. The zero-order chi connectivity index (χ0) is 19.0. The van der Waals surface area contributed by atoms with Crippen molar-refractivity contribution in [1.82, 2.24) is 19.9 Å². The Morgan fingerprint density at radius 1 is 1.30 bits per heavy atom. The monoisotopic (exact) mass is 363 g/mol. The van der Waals surface area contributed by atoms with E-state index in [1.165, 1.54) is 0 Å². The van der Waals surface area contributed by atoms with Gasteiger partial charge in [0.05, 0.1) is 17.0 Å². The highest BCUT2D eigenvalue weighted by Gasteiger charge is 2.24. The first kappa shape index (κ1) is 17.1. The van der Waals surface area contributed by atoms with Crippen molar-refractivity contribution < 1.29 is 9.90 Å². The number of rotatable bonds is 4. The number of nitrogens with one attached hydrogen (secondary N) is 1. The van der Waals surface area contributed by atoms with Crippen molar-refractivity contribution in [2.45, 2.75) is 19.3 Å². The summed E-state index contributed by atoms with van der Waals surface area (Å²) in [6.45, 7) is 0.638. The van der Waals surface area contributed by atoms with Gasteiger partial charge in [0, 0.05) is 31.9 Å². The Hall–Kier alpha value is -3.35. The lowest BCUT2D eigenvalue weighted by molar-refractivity contribution is 0.0945. The van der Waals surface area contributed by atoms with E-state index < -0.39 is 0 Å². The quantitative estimate of drug-likeness (QED) is 0.656. The minimum atomic E-state index is -0.0542. The number of phenols is 1. The fraction of sp³-hybridized carbons (Fsp3) is 0.250. The normalized spacial score (nSPS) is 13.3. The predicted octanol–water partition coefficient (Wildman–Crippen LogP) is 1.84. The van der Waals surface area contributed by atoms with Gasteiger partial charge in [-0.25, -0.2) is 9.97 Å². The molecule has 4 N–H and O–H groups in total. The van der Waals surface area contributed by atoms with E-state index in [-0.39, 0.29) is 17.6 Å². The van der Waals surface area contributed by atoms with E-state index in [2.05, 4.69) is 15.3 Å². The maximum Gasteiger partial charge on any atom is 0.253 e. The maximum absolute atomic E-state index is 12.2. The molecule has 2 aromatic heterocycles. The number of nitrogen functional groups attached to an aromatic ring is 1. The van der Waals surface area contributed by atoms with Gasteiger partial charge in [0.1, 0.15) is 5.75 Å². The standard InChI is InChI=1S/C20H21N5O2/c1-25-16-7-8-22-19(27)15(16)10-17(25)18-13(11-23-20(21)24-18)6-5-12-3-2-4-14(26)9-12/h2-4,9-11,26H,5-8H2,1H3,(H,22,27)(H2,21,23,24). The average molecular weight is 363 g/mol. The van der Waals surface area contributed by atoms with Gasteiger partial charge in [-0.3, -0.25) is 4.79 Å². The Bertz CT molecular complexity index is 1030. The van der Waals surface area contributed by atoms with Gasteiger partial charge in [0.2, 0.25) is 5.95 Å². The zero-order valence-electron chi connectivity index (χ0n) is 15.1. The number of phenolic OH excluding ortho intramolecular Hbond substituents is 1. The molecule has 0 unspecified atom stereocenters. The summed E-state index contributed by atoms with van der Waals surface area (Å²) >= 11 is 0. The third kappa shape index (κ3) is 3.23. The third-order valence-corrected chi connectivity index (χ3v) is 4.97. The molecule has 0 spiro atoms. The smallest absolute Gasteiger partial charge is 0.253 e. The summed E-state index contributed by atoms with van der Waals surface area (Å²) in [5.74, 6) is 0.401. The van der Waals surface area contributed by atoms with E-state index in [0.717, 1.165) is 41.1 Å². The summed E-state index contributed by atoms with van der Waals surface area (Å²) in [5.41, 5.74) is 11.1. The molecule has 1 aliphatic rings. The van der Waals surface area contributed by atoms with Gasteiger partial charge >= 0.3 is 0 Å². The van der Waals surface area contributed by atoms with Crippen LogP contribution in [0.5, 0.6) is 5.75 Å². The van der Waals surface area contributed by atoms with Crippen molar-refractivity contribution in [1.29, 1.82) is 0 Å². The number of aromatic nitrogens is 3. The second-order valence-corrected chi connectivity index (χ2v) is 6.73. The molecule has 3 aromatic rings. The Labute approximate surface area is 156 Å². The van der Waals surface area contributed by atoms with Crippen LogP contribution in [0.25, 0.3) is 11.4 Å². The summed E-state index contributed by atoms with van der Waals surface area (Å²) in [6, 6.07) is 9.09. The molecular formula is C20H21N5O2. The van der Waals surface area contributed by atoms with Crippen LogP contribution < -0.4 is 11.1 Å². The minimum Gasteiger partial charge on any atom is -0.508 e. The predicted molar refractivity (Wildman–Crippen MR) is 102 cm³/mol. The van der Waals surface area contributed by atoms with Gasteiger partial charge in [0.25, 0.3) is 5.91 Å². The summed E-state index contributed by atoms with van der Waals surface area (Å²) in [6.07, 6.45) is 3.96. The number of aryl methyl sites for hydroxylation is 2. The van der Waals surface area contributed by atoms with Gasteiger partial charge in [-0.2, -0.15) is 0 Å². The number of carbonyl (C=O) groups is 1.